The Labute approximate surface area is 74.4 Å². The van der Waals surface area contributed by atoms with Gasteiger partial charge in [-0.25, -0.2) is 4.39 Å². The molecule has 1 aromatic carbocycles. The van der Waals surface area contributed by atoms with Crippen molar-refractivity contribution in [1.29, 1.82) is 0 Å². The number of hydrogen-bond acceptors (Lipinski definition) is 1. The van der Waals surface area contributed by atoms with E-state index in [1.807, 2.05) is 0 Å². The van der Waals surface area contributed by atoms with Crippen molar-refractivity contribution in [3.05, 3.63) is 35.9 Å². The third-order valence-electron chi connectivity index (χ3n) is 1.76. The summed E-state index contributed by atoms with van der Waals surface area (Å²) in [5, 5.41) is 0. The summed E-state index contributed by atoms with van der Waals surface area (Å²) in [6.07, 6.45) is -2.32. The van der Waals surface area contributed by atoms with Crippen LogP contribution < -0.4 is 5.73 Å². The van der Waals surface area contributed by atoms with Gasteiger partial charge in [-0.3, -0.25) is 0 Å². The fourth-order valence-corrected chi connectivity index (χ4v) is 0.989. The Morgan fingerprint density at radius 2 is 1.77 bits per heavy atom. The number of halogens is 3. The van der Waals surface area contributed by atoms with Gasteiger partial charge in [0, 0.05) is 12.1 Å². The third kappa shape index (κ3) is 2.01. The summed E-state index contributed by atoms with van der Waals surface area (Å²) in [5.74, 6) is -3.49. The molecule has 0 heterocycles. The molecule has 0 radical (unpaired) electrons. The first-order valence-corrected chi connectivity index (χ1v) is 3.86. The van der Waals surface area contributed by atoms with E-state index in [1.54, 1.807) is 6.07 Å². The van der Waals surface area contributed by atoms with Gasteiger partial charge in [0.2, 0.25) is 0 Å². The summed E-state index contributed by atoms with van der Waals surface area (Å²) in [4.78, 5) is 0. The standard InChI is InChI=1S/C9H10F3N/c10-8(6-13)9(11,12)7-4-2-1-3-5-7/h1-5,8H,6,13H2. The number of hydrogen-bond donors (Lipinski definition) is 1. The molecule has 4 heteroatoms. The fraction of sp³-hybridized carbons (Fsp3) is 0.333. The van der Waals surface area contributed by atoms with Gasteiger partial charge in [-0.2, -0.15) is 8.78 Å². The summed E-state index contributed by atoms with van der Waals surface area (Å²) >= 11 is 0. The van der Waals surface area contributed by atoms with Gasteiger partial charge < -0.3 is 5.73 Å². The molecular formula is C9H10F3N. The van der Waals surface area contributed by atoms with Gasteiger partial charge in [-0.05, 0) is 0 Å². The van der Waals surface area contributed by atoms with Crippen LogP contribution in [0.15, 0.2) is 30.3 Å². The van der Waals surface area contributed by atoms with Crippen molar-refractivity contribution in [3.8, 4) is 0 Å². The molecule has 0 aliphatic rings. The van der Waals surface area contributed by atoms with E-state index in [0.29, 0.717) is 0 Å². The van der Waals surface area contributed by atoms with Crippen LogP contribution in [0.4, 0.5) is 13.2 Å². The van der Waals surface area contributed by atoms with Crippen LogP contribution in [0.5, 0.6) is 0 Å². The first kappa shape index (κ1) is 10.1. The number of alkyl halides is 3. The van der Waals surface area contributed by atoms with Crippen LogP contribution in [0.1, 0.15) is 5.56 Å². The van der Waals surface area contributed by atoms with Crippen LogP contribution in [-0.4, -0.2) is 12.7 Å². The lowest BCUT2D eigenvalue weighted by Crippen LogP contribution is -2.33. The van der Waals surface area contributed by atoms with Crippen molar-refractivity contribution in [2.75, 3.05) is 6.54 Å². The SMILES string of the molecule is NCC(F)C(F)(F)c1ccccc1. The van der Waals surface area contributed by atoms with Crippen LogP contribution in [0, 0.1) is 0 Å². The van der Waals surface area contributed by atoms with Crippen molar-refractivity contribution < 1.29 is 13.2 Å². The number of benzene rings is 1. The predicted octanol–water partition coefficient (Wildman–Crippen LogP) is 2.08. The first-order chi connectivity index (χ1) is 6.09. The maximum Gasteiger partial charge on any atom is 0.305 e. The summed E-state index contributed by atoms with van der Waals surface area (Å²) < 4.78 is 38.9. The van der Waals surface area contributed by atoms with Gasteiger partial charge in [0.1, 0.15) is 0 Å². The van der Waals surface area contributed by atoms with Crippen LogP contribution in [0.25, 0.3) is 0 Å². The molecule has 0 saturated heterocycles. The third-order valence-corrected chi connectivity index (χ3v) is 1.76. The molecule has 1 unspecified atom stereocenters. The Balaban J connectivity index is 2.93. The van der Waals surface area contributed by atoms with E-state index in [9.17, 15) is 13.2 Å². The highest BCUT2D eigenvalue weighted by Crippen LogP contribution is 2.32. The minimum atomic E-state index is -3.49. The van der Waals surface area contributed by atoms with Crippen molar-refractivity contribution in [3.63, 3.8) is 0 Å². The molecule has 1 rings (SSSR count). The average molecular weight is 189 g/mol. The second-order valence-electron chi connectivity index (χ2n) is 2.69. The van der Waals surface area contributed by atoms with Crippen molar-refractivity contribution in [1.82, 2.24) is 0 Å². The van der Waals surface area contributed by atoms with Crippen molar-refractivity contribution in [2.45, 2.75) is 12.1 Å². The molecule has 0 amide bonds. The molecule has 0 aliphatic carbocycles. The highest BCUT2D eigenvalue weighted by molar-refractivity contribution is 5.21. The highest BCUT2D eigenvalue weighted by atomic mass is 19.3. The second kappa shape index (κ2) is 3.79. The Morgan fingerprint density at radius 1 is 1.23 bits per heavy atom. The van der Waals surface area contributed by atoms with Crippen LogP contribution in [0.2, 0.25) is 0 Å². The van der Waals surface area contributed by atoms with E-state index >= 15 is 0 Å². The zero-order valence-corrected chi connectivity index (χ0v) is 6.88. The number of rotatable bonds is 3. The lowest BCUT2D eigenvalue weighted by Gasteiger charge is -2.19. The molecule has 0 bridgehead atoms. The van der Waals surface area contributed by atoms with Crippen molar-refractivity contribution in [2.24, 2.45) is 5.73 Å². The van der Waals surface area contributed by atoms with Gasteiger partial charge in [-0.15, -0.1) is 0 Å². The molecule has 0 fully saturated rings. The van der Waals surface area contributed by atoms with Gasteiger partial charge in [0.15, 0.2) is 6.17 Å². The molecule has 0 aliphatic heterocycles. The molecule has 1 atom stereocenters. The monoisotopic (exact) mass is 189 g/mol. The lowest BCUT2D eigenvalue weighted by atomic mass is 10.0. The lowest BCUT2D eigenvalue weighted by molar-refractivity contribution is -0.0747. The fourth-order valence-electron chi connectivity index (χ4n) is 0.989. The van der Waals surface area contributed by atoms with Crippen molar-refractivity contribution >= 4 is 0 Å². The zero-order valence-electron chi connectivity index (χ0n) is 6.88. The zero-order chi connectivity index (χ0) is 9.90. The minimum absolute atomic E-state index is 0.340. The average Bonchev–Trinajstić information content (AvgIpc) is 2.18. The van der Waals surface area contributed by atoms with E-state index in [4.69, 9.17) is 5.73 Å². The van der Waals surface area contributed by atoms with Crippen LogP contribution in [-0.2, 0) is 5.92 Å². The summed E-state index contributed by atoms with van der Waals surface area (Å²) in [6.45, 7) is -0.679. The quantitative estimate of drug-likeness (QED) is 0.773. The normalized spacial score (nSPS) is 14.2. The highest BCUT2D eigenvalue weighted by Gasteiger charge is 2.40. The van der Waals surface area contributed by atoms with Gasteiger partial charge in [0.25, 0.3) is 0 Å². The Morgan fingerprint density at radius 3 is 2.23 bits per heavy atom. The van der Waals surface area contributed by atoms with Crippen LogP contribution in [0.3, 0.4) is 0 Å². The molecule has 1 aromatic rings. The molecule has 13 heavy (non-hydrogen) atoms. The molecule has 72 valence electrons. The smallest absolute Gasteiger partial charge is 0.305 e. The molecule has 1 nitrogen and oxygen atoms in total. The van der Waals surface area contributed by atoms with Gasteiger partial charge in [0.05, 0.1) is 0 Å². The van der Waals surface area contributed by atoms with Crippen LogP contribution >= 0.6 is 0 Å². The molecule has 0 saturated carbocycles. The maximum atomic E-state index is 13.1. The largest absolute Gasteiger partial charge is 0.328 e. The van der Waals surface area contributed by atoms with E-state index < -0.39 is 18.6 Å². The first-order valence-electron chi connectivity index (χ1n) is 3.86. The second-order valence-corrected chi connectivity index (χ2v) is 2.69. The summed E-state index contributed by atoms with van der Waals surface area (Å²) in [5.41, 5.74) is 4.50. The molecule has 2 N–H and O–H groups in total. The van der Waals surface area contributed by atoms with E-state index in [0.717, 1.165) is 0 Å². The predicted molar refractivity (Wildman–Crippen MR) is 44.3 cm³/mol. The van der Waals surface area contributed by atoms with Gasteiger partial charge >= 0.3 is 5.92 Å². The summed E-state index contributed by atoms with van der Waals surface area (Å²) in [7, 11) is 0. The van der Waals surface area contributed by atoms with E-state index in [2.05, 4.69) is 0 Å². The van der Waals surface area contributed by atoms with E-state index in [-0.39, 0.29) is 5.56 Å². The Hall–Kier alpha value is -1.03. The molecule has 0 spiro atoms. The molecule has 0 aromatic heterocycles. The topological polar surface area (TPSA) is 26.0 Å². The Bertz CT molecular complexity index is 261. The van der Waals surface area contributed by atoms with Gasteiger partial charge in [-0.1, -0.05) is 30.3 Å². The molecular weight excluding hydrogens is 179 g/mol. The number of nitrogens with two attached hydrogens (primary N) is 1. The van der Waals surface area contributed by atoms with E-state index in [1.165, 1.54) is 24.3 Å². The maximum absolute atomic E-state index is 13.1. The summed E-state index contributed by atoms with van der Waals surface area (Å²) in [6, 6.07) is 6.83. The Kier molecular flexibility index (Phi) is 2.93. The minimum Gasteiger partial charge on any atom is -0.328 e.